The molecule has 0 aromatic carbocycles. The van der Waals surface area contributed by atoms with Crippen molar-refractivity contribution in [1.29, 1.82) is 0 Å². The van der Waals surface area contributed by atoms with Crippen LogP contribution in [0, 0.1) is 0 Å². The molecule has 2 atom stereocenters. The minimum absolute atomic E-state index is 0.229. The third-order valence-electron chi connectivity index (χ3n) is 3.48. The molecule has 0 radical (unpaired) electrons. The number of nitrogens with one attached hydrogen (secondary N) is 1. The molecule has 2 unspecified atom stereocenters. The Hall–Kier alpha value is -0.650. The summed E-state index contributed by atoms with van der Waals surface area (Å²) in [7, 11) is 0. The molecule has 3 N–H and O–H groups in total. The van der Waals surface area contributed by atoms with Gasteiger partial charge in [0.15, 0.2) is 0 Å². The fourth-order valence-electron chi connectivity index (χ4n) is 2.61. The third-order valence-corrected chi connectivity index (χ3v) is 3.48. The molecule has 1 heterocycles. The lowest BCUT2D eigenvalue weighted by Crippen LogP contribution is -2.48. The third kappa shape index (κ3) is 6.36. The maximum absolute atomic E-state index is 11.4. The highest BCUT2D eigenvalue weighted by Gasteiger charge is 2.22. The number of likely N-dealkylation sites (tertiary alicyclic amines) is 1. The Labute approximate surface area is 116 Å². The predicted molar refractivity (Wildman–Crippen MR) is 77.0 cm³/mol. The first-order valence-electron chi connectivity index (χ1n) is 7.42. The Morgan fingerprint density at radius 2 is 2.26 bits per heavy atom. The first-order chi connectivity index (χ1) is 9.02. The highest BCUT2D eigenvalue weighted by atomic mass is 16.5. The minimum atomic E-state index is -0.257. The van der Waals surface area contributed by atoms with Crippen molar-refractivity contribution in [2.75, 3.05) is 26.2 Å². The molecule has 1 amide bonds. The van der Waals surface area contributed by atoms with E-state index in [1.54, 1.807) is 0 Å². The zero-order chi connectivity index (χ0) is 14.3. The maximum Gasteiger partial charge on any atom is 0.234 e. The standard InChI is InChI=1S/C14H29N3O2/c1-4-19-12-6-5-8-17(10-12)9-7-13(14(15)18)16-11(2)3/h11-13,16H,4-10H2,1-3H3,(H2,15,18). The molecule has 0 aromatic rings. The van der Waals surface area contributed by atoms with Gasteiger partial charge in [0.1, 0.15) is 0 Å². The number of hydrogen-bond acceptors (Lipinski definition) is 4. The van der Waals surface area contributed by atoms with Gasteiger partial charge in [-0.3, -0.25) is 4.79 Å². The van der Waals surface area contributed by atoms with Crippen molar-refractivity contribution in [3.05, 3.63) is 0 Å². The summed E-state index contributed by atoms with van der Waals surface area (Å²) in [5, 5.41) is 3.22. The highest BCUT2D eigenvalue weighted by molar-refractivity contribution is 5.79. The summed E-state index contributed by atoms with van der Waals surface area (Å²) in [5.74, 6) is -0.257. The lowest BCUT2D eigenvalue weighted by Gasteiger charge is -2.33. The first-order valence-corrected chi connectivity index (χ1v) is 7.42. The average molecular weight is 271 g/mol. The molecular formula is C14H29N3O2. The summed E-state index contributed by atoms with van der Waals surface area (Å²) in [6.07, 6.45) is 3.44. The van der Waals surface area contributed by atoms with Crippen molar-refractivity contribution in [1.82, 2.24) is 10.2 Å². The molecule has 19 heavy (non-hydrogen) atoms. The van der Waals surface area contributed by atoms with Gasteiger partial charge in [-0.1, -0.05) is 13.8 Å². The van der Waals surface area contributed by atoms with Crippen LogP contribution in [0.3, 0.4) is 0 Å². The van der Waals surface area contributed by atoms with E-state index in [1.165, 1.54) is 6.42 Å². The summed E-state index contributed by atoms with van der Waals surface area (Å²) >= 11 is 0. The topological polar surface area (TPSA) is 67.6 Å². The zero-order valence-electron chi connectivity index (χ0n) is 12.5. The zero-order valence-corrected chi connectivity index (χ0v) is 12.5. The van der Waals surface area contributed by atoms with E-state index in [9.17, 15) is 4.79 Å². The predicted octanol–water partition coefficient (Wildman–Crippen LogP) is 0.729. The minimum Gasteiger partial charge on any atom is -0.377 e. The van der Waals surface area contributed by atoms with Gasteiger partial charge in [-0.2, -0.15) is 0 Å². The number of nitrogens with zero attached hydrogens (tertiary/aromatic N) is 1. The smallest absolute Gasteiger partial charge is 0.234 e. The lowest BCUT2D eigenvalue weighted by atomic mass is 10.1. The van der Waals surface area contributed by atoms with Crippen LogP contribution in [0.4, 0.5) is 0 Å². The summed E-state index contributed by atoms with van der Waals surface area (Å²) < 4.78 is 5.68. The van der Waals surface area contributed by atoms with Crippen molar-refractivity contribution in [3.8, 4) is 0 Å². The van der Waals surface area contributed by atoms with Gasteiger partial charge in [-0.05, 0) is 32.7 Å². The van der Waals surface area contributed by atoms with Gasteiger partial charge in [0.05, 0.1) is 12.1 Å². The van der Waals surface area contributed by atoms with Crippen LogP contribution >= 0.6 is 0 Å². The molecule has 0 saturated carbocycles. The fourth-order valence-corrected chi connectivity index (χ4v) is 2.61. The summed E-state index contributed by atoms with van der Waals surface area (Å²) in [6.45, 7) is 9.84. The number of piperidine rings is 1. The molecule has 0 bridgehead atoms. The van der Waals surface area contributed by atoms with Crippen LogP contribution in [0.1, 0.15) is 40.0 Å². The largest absolute Gasteiger partial charge is 0.377 e. The maximum atomic E-state index is 11.4. The SMILES string of the molecule is CCOC1CCCN(CCC(NC(C)C)C(N)=O)C1. The van der Waals surface area contributed by atoms with Crippen LogP contribution in [0.2, 0.25) is 0 Å². The molecule has 1 aliphatic heterocycles. The summed E-state index contributed by atoms with van der Waals surface area (Å²) in [6, 6.07) is 0.0440. The first kappa shape index (κ1) is 16.4. The number of primary amides is 1. The van der Waals surface area contributed by atoms with Gasteiger partial charge < -0.3 is 20.7 Å². The van der Waals surface area contributed by atoms with E-state index in [2.05, 4.69) is 10.2 Å². The van der Waals surface area contributed by atoms with Crippen LogP contribution in [-0.4, -0.2) is 55.2 Å². The number of carbonyl (C=O) groups excluding carboxylic acids is 1. The second kappa shape index (κ2) is 8.51. The summed E-state index contributed by atoms with van der Waals surface area (Å²) in [5.41, 5.74) is 5.43. The Kier molecular flexibility index (Phi) is 7.34. The van der Waals surface area contributed by atoms with Gasteiger partial charge in [0.2, 0.25) is 5.91 Å². The van der Waals surface area contributed by atoms with E-state index in [-0.39, 0.29) is 18.0 Å². The molecule has 0 aromatic heterocycles. The van der Waals surface area contributed by atoms with Gasteiger partial charge in [0.25, 0.3) is 0 Å². The van der Waals surface area contributed by atoms with Crippen LogP contribution in [0.25, 0.3) is 0 Å². The number of rotatable bonds is 8. The van der Waals surface area contributed by atoms with E-state index >= 15 is 0 Å². The molecule has 0 aliphatic carbocycles. The van der Waals surface area contributed by atoms with Gasteiger partial charge in [0, 0.05) is 25.7 Å². The molecule has 1 fully saturated rings. The molecule has 5 heteroatoms. The lowest BCUT2D eigenvalue weighted by molar-refractivity contribution is -0.120. The van der Waals surface area contributed by atoms with Gasteiger partial charge in [-0.25, -0.2) is 0 Å². The normalized spacial score (nSPS) is 22.6. The van der Waals surface area contributed by atoms with Crippen molar-refractivity contribution >= 4 is 5.91 Å². The molecule has 5 nitrogen and oxygen atoms in total. The van der Waals surface area contributed by atoms with Crippen LogP contribution in [0.5, 0.6) is 0 Å². The number of ether oxygens (including phenoxy) is 1. The Morgan fingerprint density at radius 3 is 2.84 bits per heavy atom. The van der Waals surface area contributed by atoms with E-state index < -0.39 is 0 Å². The van der Waals surface area contributed by atoms with Crippen molar-refractivity contribution in [2.45, 2.75) is 58.2 Å². The summed E-state index contributed by atoms with van der Waals surface area (Å²) in [4.78, 5) is 13.8. The number of carbonyl (C=O) groups is 1. The van der Waals surface area contributed by atoms with Crippen LogP contribution in [0.15, 0.2) is 0 Å². The molecule has 112 valence electrons. The number of amides is 1. The van der Waals surface area contributed by atoms with Crippen molar-refractivity contribution in [3.63, 3.8) is 0 Å². The second-order valence-corrected chi connectivity index (χ2v) is 5.59. The van der Waals surface area contributed by atoms with Crippen LogP contribution < -0.4 is 11.1 Å². The molecule has 1 rings (SSSR count). The fraction of sp³-hybridized carbons (Fsp3) is 0.929. The van der Waals surface area contributed by atoms with E-state index in [0.717, 1.165) is 39.1 Å². The Balaban J connectivity index is 2.34. The van der Waals surface area contributed by atoms with Gasteiger partial charge in [-0.15, -0.1) is 0 Å². The quantitative estimate of drug-likeness (QED) is 0.683. The average Bonchev–Trinajstić information content (AvgIpc) is 2.34. The van der Waals surface area contributed by atoms with E-state index in [0.29, 0.717) is 6.10 Å². The molecule has 1 saturated heterocycles. The Bertz CT molecular complexity index is 269. The molecule has 0 spiro atoms. The Morgan fingerprint density at radius 1 is 1.53 bits per heavy atom. The monoisotopic (exact) mass is 271 g/mol. The second-order valence-electron chi connectivity index (χ2n) is 5.59. The molecule has 1 aliphatic rings. The number of hydrogen-bond donors (Lipinski definition) is 2. The number of nitrogens with two attached hydrogens (primary N) is 1. The van der Waals surface area contributed by atoms with Crippen molar-refractivity contribution in [2.24, 2.45) is 5.73 Å². The van der Waals surface area contributed by atoms with E-state index in [1.807, 2.05) is 20.8 Å². The van der Waals surface area contributed by atoms with E-state index in [4.69, 9.17) is 10.5 Å². The highest BCUT2D eigenvalue weighted by Crippen LogP contribution is 2.13. The van der Waals surface area contributed by atoms with Crippen LogP contribution in [-0.2, 0) is 9.53 Å². The molecular weight excluding hydrogens is 242 g/mol. The van der Waals surface area contributed by atoms with Crippen molar-refractivity contribution < 1.29 is 9.53 Å². The van der Waals surface area contributed by atoms with Gasteiger partial charge >= 0.3 is 0 Å².